The first-order chi connectivity index (χ1) is 8.97. The summed E-state index contributed by atoms with van der Waals surface area (Å²) in [6.07, 6.45) is 0. The molecule has 98 valence electrons. The minimum atomic E-state index is -0.499. The number of halogens is 2. The fraction of sp³-hybridized carbons (Fsp3) is 0.0714. The van der Waals surface area contributed by atoms with E-state index in [1.807, 2.05) is 0 Å². The Kier molecular flexibility index (Phi) is 3.71. The molecule has 2 aromatic carbocycles. The fourth-order valence-corrected chi connectivity index (χ4v) is 1.69. The van der Waals surface area contributed by atoms with Gasteiger partial charge in [-0.05, 0) is 43.3 Å². The van der Waals surface area contributed by atoms with Crippen LogP contribution in [0.25, 0.3) is 0 Å². The zero-order valence-corrected chi connectivity index (χ0v) is 11.0. The number of nitrogen functional groups attached to an aromatic ring is 1. The largest absolute Gasteiger partial charge is 0.398 e. The molecule has 0 aliphatic rings. The van der Waals surface area contributed by atoms with Gasteiger partial charge in [0.05, 0.1) is 0 Å². The van der Waals surface area contributed by atoms with Crippen molar-refractivity contribution in [2.45, 2.75) is 6.92 Å². The summed E-state index contributed by atoms with van der Waals surface area (Å²) in [5.74, 6) is -0.922. The molecule has 0 unspecified atom stereocenters. The van der Waals surface area contributed by atoms with Crippen molar-refractivity contribution in [1.29, 1.82) is 0 Å². The maximum Gasteiger partial charge on any atom is 0.255 e. The summed E-state index contributed by atoms with van der Waals surface area (Å²) in [7, 11) is 0. The number of carbonyl (C=O) groups is 1. The molecular formula is C14H12ClFN2O. The Morgan fingerprint density at radius 1 is 1.26 bits per heavy atom. The van der Waals surface area contributed by atoms with E-state index in [4.69, 9.17) is 17.3 Å². The van der Waals surface area contributed by atoms with E-state index in [2.05, 4.69) is 5.32 Å². The lowest BCUT2D eigenvalue weighted by molar-refractivity contribution is 0.102. The van der Waals surface area contributed by atoms with E-state index in [9.17, 15) is 9.18 Å². The molecule has 0 aromatic heterocycles. The first-order valence-corrected chi connectivity index (χ1v) is 5.97. The molecule has 0 aliphatic heterocycles. The summed E-state index contributed by atoms with van der Waals surface area (Å²) in [4.78, 5) is 11.9. The predicted molar refractivity (Wildman–Crippen MR) is 75.0 cm³/mol. The first kappa shape index (κ1) is 13.4. The van der Waals surface area contributed by atoms with Gasteiger partial charge in [0.2, 0.25) is 0 Å². The second-order valence-electron chi connectivity index (χ2n) is 4.13. The van der Waals surface area contributed by atoms with Crippen LogP contribution in [-0.4, -0.2) is 5.91 Å². The van der Waals surface area contributed by atoms with Crippen LogP contribution < -0.4 is 11.1 Å². The highest BCUT2D eigenvalue weighted by molar-refractivity contribution is 6.30. The lowest BCUT2D eigenvalue weighted by Crippen LogP contribution is -2.13. The van der Waals surface area contributed by atoms with Crippen LogP contribution in [0.2, 0.25) is 5.02 Å². The zero-order valence-electron chi connectivity index (χ0n) is 10.2. The van der Waals surface area contributed by atoms with Gasteiger partial charge in [-0.25, -0.2) is 4.39 Å². The van der Waals surface area contributed by atoms with Crippen molar-refractivity contribution in [3.63, 3.8) is 0 Å². The number of hydrogen-bond acceptors (Lipinski definition) is 2. The van der Waals surface area contributed by atoms with Gasteiger partial charge in [-0.2, -0.15) is 0 Å². The van der Waals surface area contributed by atoms with Gasteiger partial charge >= 0.3 is 0 Å². The van der Waals surface area contributed by atoms with Crippen LogP contribution in [0.5, 0.6) is 0 Å². The zero-order chi connectivity index (χ0) is 14.0. The van der Waals surface area contributed by atoms with Gasteiger partial charge in [0.1, 0.15) is 5.82 Å². The number of amides is 1. The molecular weight excluding hydrogens is 267 g/mol. The summed E-state index contributed by atoms with van der Waals surface area (Å²) in [6, 6.07) is 9.24. The van der Waals surface area contributed by atoms with E-state index in [-0.39, 0.29) is 11.3 Å². The van der Waals surface area contributed by atoms with Crippen molar-refractivity contribution in [2.75, 3.05) is 11.1 Å². The van der Waals surface area contributed by atoms with Gasteiger partial charge in [0.15, 0.2) is 0 Å². The number of carbonyl (C=O) groups excluding carboxylic acids is 1. The molecule has 0 fully saturated rings. The number of rotatable bonds is 2. The van der Waals surface area contributed by atoms with Crippen molar-refractivity contribution in [3.05, 3.63) is 58.4 Å². The Balaban J connectivity index is 2.23. The van der Waals surface area contributed by atoms with Crippen LogP contribution in [0.3, 0.4) is 0 Å². The highest BCUT2D eigenvalue weighted by Crippen LogP contribution is 2.19. The Morgan fingerprint density at radius 3 is 2.47 bits per heavy atom. The second-order valence-corrected chi connectivity index (χ2v) is 4.57. The van der Waals surface area contributed by atoms with Crippen LogP contribution in [0.1, 0.15) is 15.9 Å². The third-order valence-corrected chi connectivity index (χ3v) is 3.00. The lowest BCUT2D eigenvalue weighted by atomic mass is 10.1. The molecule has 0 radical (unpaired) electrons. The molecule has 0 spiro atoms. The van der Waals surface area contributed by atoms with Gasteiger partial charge < -0.3 is 11.1 Å². The summed E-state index contributed by atoms with van der Waals surface area (Å²) < 4.78 is 13.5. The van der Waals surface area contributed by atoms with Crippen molar-refractivity contribution < 1.29 is 9.18 Å². The maximum absolute atomic E-state index is 13.5. The number of anilines is 2. The molecule has 0 heterocycles. The Bertz CT molecular complexity index is 603. The maximum atomic E-state index is 13.5. The molecule has 3 nitrogen and oxygen atoms in total. The van der Waals surface area contributed by atoms with Crippen molar-refractivity contribution in [1.82, 2.24) is 0 Å². The second kappa shape index (κ2) is 5.28. The molecule has 0 bridgehead atoms. The normalized spacial score (nSPS) is 10.3. The smallest absolute Gasteiger partial charge is 0.255 e. The average molecular weight is 279 g/mol. The molecule has 3 N–H and O–H groups in total. The van der Waals surface area contributed by atoms with Crippen LogP contribution in [0.4, 0.5) is 15.8 Å². The monoisotopic (exact) mass is 278 g/mol. The molecule has 1 amide bonds. The average Bonchev–Trinajstić information content (AvgIpc) is 2.38. The van der Waals surface area contributed by atoms with E-state index in [1.165, 1.54) is 6.07 Å². The number of benzene rings is 2. The van der Waals surface area contributed by atoms with Crippen molar-refractivity contribution >= 4 is 28.9 Å². The van der Waals surface area contributed by atoms with E-state index in [0.29, 0.717) is 16.3 Å². The Labute approximate surface area is 115 Å². The SMILES string of the molecule is Cc1c(N)cc(C(=O)Nc2ccc(Cl)cc2)cc1F. The van der Waals surface area contributed by atoms with Crippen LogP contribution in [0, 0.1) is 12.7 Å². The Hall–Kier alpha value is -2.07. The molecule has 0 saturated heterocycles. The third kappa shape index (κ3) is 3.03. The quantitative estimate of drug-likeness (QED) is 0.824. The first-order valence-electron chi connectivity index (χ1n) is 5.60. The van der Waals surface area contributed by atoms with E-state index in [0.717, 1.165) is 6.07 Å². The summed E-state index contributed by atoms with van der Waals surface area (Å²) in [6.45, 7) is 1.56. The van der Waals surface area contributed by atoms with Crippen LogP contribution in [0.15, 0.2) is 36.4 Å². The van der Waals surface area contributed by atoms with E-state index < -0.39 is 11.7 Å². The highest BCUT2D eigenvalue weighted by Gasteiger charge is 2.11. The molecule has 2 rings (SSSR count). The molecule has 0 saturated carbocycles. The number of nitrogens with one attached hydrogen (secondary N) is 1. The summed E-state index contributed by atoms with van der Waals surface area (Å²) >= 11 is 5.75. The lowest BCUT2D eigenvalue weighted by Gasteiger charge is -2.08. The van der Waals surface area contributed by atoms with Crippen molar-refractivity contribution in [2.24, 2.45) is 0 Å². The van der Waals surface area contributed by atoms with Gasteiger partial charge in [0, 0.05) is 27.5 Å². The van der Waals surface area contributed by atoms with Crippen LogP contribution in [-0.2, 0) is 0 Å². The minimum Gasteiger partial charge on any atom is -0.398 e. The molecule has 19 heavy (non-hydrogen) atoms. The Morgan fingerprint density at radius 2 is 1.89 bits per heavy atom. The summed E-state index contributed by atoms with van der Waals surface area (Å²) in [5, 5.41) is 3.21. The number of hydrogen-bond donors (Lipinski definition) is 2. The van der Waals surface area contributed by atoms with E-state index in [1.54, 1.807) is 31.2 Å². The third-order valence-electron chi connectivity index (χ3n) is 2.75. The topological polar surface area (TPSA) is 55.1 Å². The van der Waals surface area contributed by atoms with Gasteiger partial charge in [-0.3, -0.25) is 4.79 Å². The van der Waals surface area contributed by atoms with E-state index >= 15 is 0 Å². The predicted octanol–water partition coefficient (Wildman–Crippen LogP) is 3.62. The van der Waals surface area contributed by atoms with Crippen LogP contribution >= 0.6 is 11.6 Å². The van der Waals surface area contributed by atoms with Gasteiger partial charge in [-0.15, -0.1) is 0 Å². The van der Waals surface area contributed by atoms with Gasteiger partial charge in [0.25, 0.3) is 5.91 Å². The molecule has 0 aliphatic carbocycles. The molecule has 0 atom stereocenters. The molecule has 5 heteroatoms. The van der Waals surface area contributed by atoms with Gasteiger partial charge in [-0.1, -0.05) is 11.6 Å². The number of nitrogens with two attached hydrogens (primary N) is 1. The standard InChI is InChI=1S/C14H12ClFN2O/c1-8-12(16)6-9(7-13(8)17)14(19)18-11-4-2-10(15)3-5-11/h2-7H,17H2,1H3,(H,18,19). The minimum absolute atomic E-state index is 0.176. The highest BCUT2D eigenvalue weighted by atomic mass is 35.5. The van der Waals surface area contributed by atoms with Crippen molar-refractivity contribution in [3.8, 4) is 0 Å². The fourth-order valence-electron chi connectivity index (χ4n) is 1.57. The summed E-state index contributed by atoms with van der Waals surface area (Å²) in [5.41, 5.74) is 6.98. The molecule has 2 aromatic rings.